The van der Waals surface area contributed by atoms with Gasteiger partial charge in [-0.15, -0.1) is 0 Å². The zero-order chi connectivity index (χ0) is 43.4. The van der Waals surface area contributed by atoms with Gasteiger partial charge in [-0.2, -0.15) is 52.7 Å². The second kappa shape index (κ2) is 21.1. The summed E-state index contributed by atoms with van der Waals surface area (Å²) in [7, 11) is 0. The van der Waals surface area contributed by atoms with E-state index in [1.165, 1.54) is 83.1 Å². The SMILES string of the molecule is CC(C)(C)/C(O)=C/C(=O)C(F)(F)F.CC(C)(C)/C(O)=C/C(=O)C(F)(F)F.CC(C)(C)/C(O)=C/C(=O)C(F)(F)F.CC(C)(C)/C(O)=C/C(=O)C(F)(F)F.[Hf]. The molecule has 0 atom stereocenters. The van der Waals surface area contributed by atoms with Gasteiger partial charge in [0.1, 0.15) is 23.0 Å². The van der Waals surface area contributed by atoms with E-state index in [-0.39, 0.29) is 50.1 Å². The normalized spacial score (nSPS) is 14.2. The molecule has 0 aliphatic heterocycles. The average Bonchev–Trinajstić information content (AvgIpc) is 2.85. The first-order chi connectivity index (χ1) is 22.2. The zero-order valence-electron chi connectivity index (χ0n) is 30.8. The smallest absolute Gasteiger partial charge is 0.454 e. The first kappa shape index (κ1) is 59.2. The van der Waals surface area contributed by atoms with E-state index in [0.717, 1.165) is 0 Å². The summed E-state index contributed by atoms with van der Waals surface area (Å²) in [5.41, 5.74) is -3.39. The minimum Gasteiger partial charge on any atom is -0.512 e. The third-order valence-corrected chi connectivity index (χ3v) is 5.26. The second-order valence-electron chi connectivity index (χ2n) is 14.6. The van der Waals surface area contributed by atoms with E-state index in [4.69, 9.17) is 20.4 Å². The van der Waals surface area contributed by atoms with Crippen LogP contribution in [0.4, 0.5) is 52.7 Å². The van der Waals surface area contributed by atoms with E-state index in [9.17, 15) is 71.9 Å². The number of aliphatic hydroxyl groups is 4. The molecule has 308 valence electrons. The molecule has 0 aromatic rings. The Kier molecular flexibility index (Phi) is 23.5. The fourth-order valence-corrected chi connectivity index (χ4v) is 1.69. The number of ketones is 4. The molecule has 0 saturated heterocycles. The molecule has 0 unspecified atom stereocenters. The molecule has 0 aromatic heterocycles. The molecule has 53 heavy (non-hydrogen) atoms. The van der Waals surface area contributed by atoms with Crippen LogP contribution in [0, 0.1) is 21.7 Å². The van der Waals surface area contributed by atoms with Gasteiger partial charge in [0.2, 0.25) is 0 Å². The molecule has 8 nitrogen and oxygen atoms in total. The van der Waals surface area contributed by atoms with Crippen LogP contribution in [0.5, 0.6) is 0 Å². The summed E-state index contributed by atoms with van der Waals surface area (Å²) in [6, 6.07) is 0. The average molecular weight is 963 g/mol. The predicted octanol–water partition coefficient (Wildman–Crippen LogP) is 10.4. The van der Waals surface area contributed by atoms with Crippen LogP contribution in [0.3, 0.4) is 0 Å². The molecule has 0 saturated carbocycles. The van der Waals surface area contributed by atoms with E-state index >= 15 is 0 Å². The van der Waals surface area contributed by atoms with E-state index in [2.05, 4.69) is 0 Å². The van der Waals surface area contributed by atoms with Crippen molar-refractivity contribution >= 4 is 23.1 Å². The molecule has 21 heteroatoms. The summed E-state index contributed by atoms with van der Waals surface area (Å²) < 4.78 is 140. The Morgan fingerprint density at radius 2 is 0.415 bits per heavy atom. The van der Waals surface area contributed by atoms with Gasteiger partial charge < -0.3 is 20.4 Å². The van der Waals surface area contributed by atoms with Crippen molar-refractivity contribution in [3.8, 4) is 0 Å². The van der Waals surface area contributed by atoms with E-state index in [1.807, 2.05) is 0 Å². The van der Waals surface area contributed by atoms with Crippen LogP contribution < -0.4 is 0 Å². The Morgan fingerprint density at radius 3 is 0.472 bits per heavy atom. The largest absolute Gasteiger partial charge is 0.512 e. The number of carbonyl (C=O) groups is 4. The molecule has 0 aromatic carbocycles. The van der Waals surface area contributed by atoms with Crippen LogP contribution in [0.2, 0.25) is 0 Å². The zero-order valence-corrected chi connectivity index (χ0v) is 34.4. The van der Waals surface area contributed by atoms with Crippen molar-refractivity contribution in [2.24, 2.45) is 21.7 Å². The van der Waals surface area contributed by atoms with Crippen molar-refractivity contribution in [2.75, 3.05) is 0 Å². The molecular weight excluding hydrogens is 919 g/mol. The number of halogens is 12. The van der Waals surface area contributed by atoms with E-state index < -0.39 is 92.5 Å². The van der Waals surface area contributed by atoms with Crippen molar-refractivity contribution in [1.82, 2.24) is 0 Å². The number of allylic oxidation sites excluding steroid dienone is 8. The second-order valence-corrected chi connectivity index (χ2v) is 14.6. The van der Waals surface area contributed by atoms with Gasteiger partial charge in [-0.25, -0.2) is 0 Å². The first-order valence-electron chi connectivity index (χ1n) is 14.3. The third kappa shape index (κ3) is 29.0. The molecular formula is C32H44F12HfO8. The minimum absolute atomic E-state index is 0. The monoisotopic (exact) mass is 964 g/mol. The van der Waals surface area contributed by atoms with Gasteiger partial charge in [0, 0.05) is 71.8 Å². The predicted molar refractivity (Wildman–Crippen MR) is 165 cm³/mol. The number of aliphatic hydroxyl groups excluding tert-OH is 4. The van der Waals surface area contributed by atoms with Gasteiger partial charge in [0.15, 0.2) is 0 Å². The number of hydrogen-bond acceptors (Lipinski definition) is 8. The van der Waals surface area contributed by atoms with E-state index in [0.29, 0.717) is 0 Å². The number of rotatable bonds is 4. The van der Waals surface area contributed by atoms with Gasteiger partial charge in [-0.3, -0.25) is 19.2 Å². The van der Waals surface area contributed by atoms with Crippen LogP contribution in [0.25, 0.3) is 0 Å². The van der Waals surface area contributed by atoms with Crippen molar-refractivity contribution in [3.63, 3.8) is 0 Å². The molecule has 0 aliphatic carbocycles. The molecule has 0 spiro atoms. The standard InChI is InChI=1S/4C8H11F3O2.Hf/c4*1-7(2,3)5(12)4-6(13)8(9,10)11;/h4*4,12H,1-3H3;/b4*5-4-;. The Labute approximate surface area is 317 Å². The van der Waals surface area contributed by atoms with Gasteiger partial charge in [0.05, 0.1) is 0 Å². The summed E-state index contributed by atoms with van der Waals surface area (Å²) >= 11 is 0. The van der Waals surface area contributed by atoms with Gasteiger partial charge in [0.25, 0.3) is 23.1 Å². The molecule has 0 fully saturated rings. The van der Waals surface area contributed by atoms with Crippen molar-refractivity contribution in [2.45, 2.75) is 108 Å². The topological polar surface area (TPSA) is 149 Å². The summed E-state index contributed by atoms with van der Waals surface area (Å²) in [5.74, 6) is -10.5. The Bertz CT molecular complexity index is 1150. The van der Waals surface area contributed by atoms with Gasteiger partial charge in [-0.05, 0) is 0 Å². The molecule has 4 N–H and O–H groups in total. The molecule has 0 rings (SSSR count). The van der Waals surface area contributed by atoms with Crippen molar-refractivity contribution in [1.29, 1.82) is 0 Å². The maximum atomic E-state index is 11.7. The molecule has 0 amide bonds. The van der Waals surface area contributed by atoms with Crippen molar-refractivity contribution in [3.05, 3.63) is 47.3 Å². The van der Waals surface area contributed by atoms with E-state index in [1.54, 1.807) is 0 Å². The maximum Gasteiger partial charge on any atom is 0.454 e. The van der Waals surface area contributed by atoms with Crippen LogP contribution >= 0.6 is 0 Å². The summed E-state index contributed by atoms with van der Waals surface area (Å²) in [6.45, 7) is 18.0. The van der Waals surface area contributed by atoms with Crippen LogP contribution in [0.15, 0.2) is 47.3 Å². The minimum atomic E-state index is -4.92. The van der Waals surface area contributed by atoms with Crippen molar-refractivity contribution < 1.29 is 118 Å². The quantitative estimate of drug-likeness (QED) is 0.0942. The van der Waals surface area contributed by atoms with Crippen LogP contribution in [-0.2, 0) is 45.0 Å². The summed E-state index contributed by atoms with van der Waals surface area (Å²) in [6.07, 6.45) is -18.8. The first-order valence-corrected chi connectivity index (χ1v) is 14.3. The summed E-state index contributed by atoms with van der Waals surface area (Å²) in [4.78, 5) is 41.4. The fourth-order valence-electron chi connectivity index (χ4n) is 1.69. The molecule has 0 radical (unpaired) electrons. The summed E-state index contributed by atoms with van der Waals surface area (Å²) in [5, 5.41) is 36.2. The molecule has 0 heterocycles. The third-order valence-electron chi connectivity index (χ3n) is 5.26. The number of hydrogen-bond donors (Lipinski definition) is 4. The van der Waals surface area contributed by atoms with Crippen LogP contribution in [-0.4, -0.2) is 68.3 Å². The van der Waals surface area contributed by atoms with Gasteiger partial charge >= 0.3 is 24.7 Å². The maximum absolute atomic E-state index is 11.7. The molecule has 0 bridgehead atoms. The Hall–Kier alpha value is -3.13. The Balaban J connectivity index is -0.000000192. The number of alkyl halides is 12. The van der Waals surface area contributed by atoms with Gasteiger partial charge in [-0.1, -0.05) is 83.1 Å². The fraction of sp³-hybridized carbons (Fsp3) is 0.625. The number of carbonyl (C=O) groups excluding carboxylic acids is 4. The Morgan fingerprint density at radius 1 is 0.321 bits per heavy atom. The van der Waals surface area contributed by atoms with Crippen LogP contribution in [0.1, 0.15) is 83.1 Å². The molecule has 0 aliphatic rings.